The Morgan fingerprint density at radius 2 is 1.89 bits per heavy atom. The molecule has 0 amide bonds. The molecule has 0 heterocycles. The molecular weight excluding hydrogens is 238 g/mol. The highest BCUT2D eigenvalue weighted by Crippen LogP contribution is 2.29. The fraction of sp³-hybridized carbons (Fsp3) is 0.625. The minimum atomic E-state index is 0.105. The summed E-state index contributed by atoms with van der Waals surface area (Å²) >= 11 is 0. The summed E-state index contributed by atoms with van der Waals surface area (Å²) in [6.07, 6.45) is 1.11. The van der Waals surface area contributed by atoms with Gasteiger partial charge in [-0.3, -0.25) is 0 Å². The van der Waals surface area contributed by atoms with Crippen LogP contribution in [-0.4, -0.2) is 25.3 Å². The number of aryl methyl sites for hydroxylation is 1. The van der Waals surface area contributed by atoms with Crippen molar-refractivity contribution in [3.63, 3.8) is 0 Å². The van der Waals surface area contributed by atoms with Crippen molar-refractivity contribution in [3.05, 3.63) is 23.8 Å². The van der Waals surface area contributed by atoms with E-state index in [1.54, 1.807) is 7.11 Å². The molecule has 0 aliphatic carbocycles. The standard InChI is InChI=1S/C16H27NO2/c1-7-13(11-17-16(3,4)5)19-14-9-8-12(2)10-15(14)18-6/h8-10,13,17H,7,11H2,1-6H3. The summed E-state index contributed by atoms with van der Waals surface area (Å²) < 4.78 is 11.4. The molecule has 3 heteroatoms. The smallest absolute Gasteiger partial charge is 0.161 e. The van der Waals surface area contributed by atoms with Crippen LogP contribution in [-0.2, 0) is 0 Å². The maximum absolute atomic E-state index is 6.05. The van der Waals surface area contributed by atoms with Gasteiger partial charge in [-0.1, -0.05) is 13.0 Å². The molecule has 3 nitrogen and oxygen atoms in total. The molecule has 1 N–H and O–H groups in total. The van der Waals surface area contributed by atoms with Gasteiger partial charge in [0.1, 0.15) is 6.10 Å². The van der Waals surface area contributed by atoms with Gasteiger partial charge in [-0.05, 0) is 51.8 Å². The van der Waals surface area contributed by atoms with Crippen LogP contribution in [0.25, 0.3) is 0 Å². The second-order valence-corrected chi connectivity index (χ2v) is 5.93. The normalized spacial score (nSPS) is 13.2. The molecule has 1 aromatic carbocycles. The maximum Gasteiger partial charge on any atom is 0.161 e. The van der Waals surface area contributed by atoms with Crippen molar-refractivity contribution in [1.82, 2.24) is 5.32 Å². The summed E-state index contributed by atoms with van der Waals surface area (Å²) in [6, 6.07) is 6.02. The van der Waals surface area contributed by atoms with Crippen LogP contribution in [0.15, 0.2) is 18.2 Å². The van der Waals surface area contributed by atoms with Crippen molar-refractivity contribution in [3.8, 4) is 11.5 Å². The summed E-state index contributed by atoms with van der Waals surface area (Å²) in [7, 11) is 1.68. The second-order valence-electron chi connectivity index (χ2n) is 5.93. The summed E-state index contributed by atoms with van der Waals surface area (Å²) in [6.45, 7) is 11.5. The van der Waals surface area contributed by atoms with Gasteiger partial charge in [0.15, 0.2) is 11.5 Å². The summed E-state index contributed by atoms with van der Waals surface area (Å²) in [4.78, 5) is 0. The number of nitrogens with one attached hydrogen (secondary N) is 1. The SMILES string of the molecule is CCC(CNC(C)(C)C)Oc1ccc(C)cc1OC. The lowest BCUT2D eigenvalue weighted by molar-refractivity contribution is 0.174. The first-order valence-corrected chi connectivity index (χ1v) is 6.92. The molecule has 0 aliphatic heterocycles. The zero-order valence-electron chi connectivity index (χ0n) is 13.0. The third-order valence-corrected chi connectivity index (χ3v) is 2.93. The molecule has 0 radical (unpaired) electrons. The number of rotatable bonds is 6. The van der Waals surface area contributed by atoms with Crippen LogP contribution in [0.3, 0.4) is 0 Å². The lowest BCUT2D eigenvalue weighted by Crippen LogP contribution is -2.42. The summed E-state index contributed by atoms with van der Waals surface area (Å²) in [5.41, 5.74) is 1.28. The van der Waals surface area contributed by atoms with E-state index in [-0.39, 0.29) is 11.6 Å². The molecule has 0 bridgehead atoms. The Morgan fingerprint density at radius 3 is 2.42 bits per heavy atom. The number of hydrogen-bond acceptors (Lipinski definition) is 3. The second kappa shape index (κ2) is 6.80. The van der Waals surface area contributed by atoms with E-state index in [1.807, 2.05) is 25.1 Å². The quantitative estimate of drug-likeness (QED) is 0.853. The lowest BCUT2D eigenvalue weighted by Gasteiger charge is -2.26. The van der Waals surface area contributed by atoms with Crippen LogP contribution in [0.4, 0.5) is 0 Å². The van der Waals surface area contributed by atoms with Crippen molar-refractivity contribution < 1.29 is 9.47 Å². The molecule has 0 aromatic heterocycles. The molecule has 1 aromatic rings. The van der Waals surface area contributed by atoms with Gasteiger partial charge in [-0.2, -0.15) is 0 Å². The third kappa shape index (κ3) is 5.52. The first-order chi connectivity index (χ1) is 8.85. The highest BCUT2D eigenvalue weighted by molar-refractivity contribution is 5.42. The minimum Gasteiger partial charge on any atom is -0.493 e. The molecule has 0 spiro atoms. The van der Waals surface area contributed by atoms with E-state index in [9.17, 15) is 0 Å². The predicted octanol–water partition coefficient (Wildman–Crippen LogP) is 3.55. The monoisotopic (exact) mass is 265 g/mol. The van der Waals surface area contributed by atoms with E-state index in [1.165, 1.54) is 5.56 Å². The Bertz CT molecular complexity index is 396. The average Bonchev–Trinajstić information content (AvgIpc) is 2.34. The molecule has 0 saturated heterocycles. The fourth-order valence-corrected chi connectivity index (χ4v) is 1.74. The highest BCUT2D eigenvalue weighted by Gasteiger charge is 2.15. The molecule has 19 heavy (non-hydrogen) atoms. The molecular formula is C16H27NO2. The molecule has 108 valence electrons. The van der Waals surface area contributed by atoms with Gasteiger partial charge in [0.25, 0.3) is 0 Å². The first kappa shape index (κ1) is 15.8. The Balaban J connectivity index is 2.70. The lowest BCUT2D eigenvalue weighted by atomic mass is 10.1. The van der Waals surface area contributed by atoms with Crippen LogP contribution in [0.5, 0.6) is 11.5 Å². The molecule has 1 atom stereocenters. The van der Waals surface area contributed by atoms with E-state index in [0.717, 1.165) is 24.5 Å². The topological polar surface area (TPSA) is 30.5 Å². The highest BCUT2D eigenvalue weighted by atomic mass is 16.5. The number of ether oxygens (including phenoxy) is 2. The van der Waals surface area contributed by atoms with Crippen molar-refractivity contribution in [2.75, 3.05) is 13.7 Å². The van der Waals surface area contributed by atoms with Crippen LogP contribution in [0.1, 0.15) is 39.7 Å². The zero-order chi connectivity index (χ0) is 14.5. The van der Waals surface area contributed by atoms with E-state index >= 15 is 0 Å². The van der Waals surface area contributed by atoms with Crippen molar-refractivity contribution in [2.24, 2.45) is 0 Å². The van der Waals surface area contributed by atoms with Crippen LogP contribution in [0, 0.1) is 6.92 Å². The fourth-order valence-electron chi connectivity index (χ4n) is 1.74. The largest absolute Gasteiger partial charge is 0.493 e. The number of benzene rings is 1. The van der Waals surface area contributed by atoms with Crippen molar-refractivity contribution in [1.29, 1.82) is 0 Å². The Morgan fingerprint density at radius 1 is 1.21 bits per heavy atom. The van der Waals surface area contributed by atoms with Gasteiger partial charge in [-0.25, -0.2) is 0 Å². The van der Waals surface area contributed by atoms with Crippen LogP contribution in [0.2, 0.25) is 0 Å². The van der Waals surface area contributed by atoms with Crippen molar-refractivity contribution in [2.45, 2.75) is 52.7 Å². The van der Waals surface area contributed by atoms with Gasteiger partial charge >= 0.3 is 0 Å². The molecule has 0 fully saturated rings. The summed E-state index contributed by atoms with van der Waals surface area (Å²) in [5.74, 6) is 1.62. The number of methoxy groups -OCH3 is 1. The maximum atomic E-state index is 6.05. The van der Waals surface area contributed by atoms with Gasteiger partial charge in [0.2, 0.25) is 0 Å². The zero-order valence-corrected chi connectivity index (χ0v) is 13.0. The predicted molar refractivity (Wildman–Crippen MR) is 80.2 cm³/mol. The average molecular weight is 265 g/mol. The van der Waals surface area contributed by atoms with E-state index < -0.39 is 0 Å². The Hall–Kier alpha value is -1.22. The Labute approximate surface area is 117 Å². The van der Waals surface area contributed by atoms with Gasteiger partial charge in [0.05, 0.1) is 7.11 Å². The van der Waals surface area contributed by atoms with Crippen molar-refractivity contribution >= 4 is 0 Å². The Kier molecular flexibility index (Phi) is 5.67. The van der Waals surface area contributed by atoms with Gasteiger partial charge in [-0.15, -0.1) is 0 Å². The van der Waals surface area contributed by atoms with Gasteiger partial charge < -0.3 is 14.8 Å². The minimum absolute atomic E-state index is 0.105. The number of hydrogen-bond donors (Lipinski definition) is 1. The summed E-state index contributed by atoms with van der Waals surface area (Å²) in [5, 5.41) is 3.48. The molecule has 0 saturated carbocycles. The van der Waals surface area contributed by atoms with E-state index in [2.05, 4.69) is 33.0 Å². The molecule has 1 unspecified atom stereocenters. The van der Waals surface area contributed by atoms with Crippen LogP contribution < -0.4 is 14.8 Å². The third-order valence-electron chi connectivity index (χ3n) is 2.93. The first-order valence-electron chi connectivity index (χ1n) is 6.92. The van der Waals surface area contributed by atoms with E-state index in [0.29, 0.717) is 0 Å². The molecule has 0 aliphatic rings. The molecule has 1 rings (SSSR count). The van der Waals surface area contributed by atoms with Gasteiger partial charge in [0, 0.05) is 12.1 Å². The van der Waals surface area contributed by atoms with Crippen LogP contribution >= 0.6 is 0 Å². The van der Waals surface area contributed by atoms with E-state index in [4.69, 9.17) is 9.47 Å².